The lowest BCUT2D eigenvalue weighted by molar-refractivity contribution is -0.383. The summed E-state index contributed by atoms with van der Waals surface area (Å²) in [6, 6.07) is 4.14. The van der Waals surface area contributed by atoms with Gasteiger partial charge in [-0.05, 0) is 17.6 Å². The average molecular weight is 193 g/mol. The van der Waals surface area contributed by atoms with Gasteiger partial charge in [0.25, 0.3) is 5.69 Å². The molecule has 0 bridgehead atoms. The van der Waals surface area contributed by atoms with Crippen molar-refractivity contribution in [3.63, 3.8) is 0 Å². The van der Waals surface area contributed by atoms with Crippen molar-refractivity contribution >= 4 is 19.0 Å². The number of nitrogens with zero attached hydrogens (tertiary/aromatic N) is 1. The van der Waals surface area contributed by atoms with Gasteiger partial charge in [0, 0.05) is 13.2 Å². The molecule has 0 saturated carbocycles. The van der Waals surface area contributed by atoms with E-state index in [9.17, 15) is 10.1 Å². The van der Waals surface area contributed by atoms with Gasteiger partial charge in [0.2, 0.25) is 0 Å². The van der Waals surface area contributed by atoms with Crippen molar-refractivity contribution in [1.29, 1.82) is 0 Å². The van der Waals surface area contributed by atoms with Crippen LogP contribution in [0.2, 0.25) is 0 Å². The van der Waals surface area contributed by atoms with Crippen LogP contribution in [0.5, 0.6) is 5.75 Å². The fourth-order valence-electron chi connectivity index (χ4n) is 0.916. The number of nitro groups is 1. The topological polar surface area (TPSA) is 61.6 Å². The second-order valence-corrected chi connectivity index (χ2v) is 2.53. The predicted molar refractivity (Wildman–Crippen MR) is 51.0 cm³/mol. The molecule has 0 N–H and O–H groups in total. The lowest BCUT2D eigenvalue weighted by Crippen LogP contribution is -2.10. The second kappa shape index (κ2) is 4.62. The molecule has 6 heteroatoms. The van der Waals surface area contributed by atoms with Gasteiger partial charge in [0.1, 0.15) is 13.6 Å². The Hall–Kier alpha value is -1.56. The van der Waals surface area contributed by atoms with Crippen molar-refractivity contribution in [2.75, 3.05) is 13.9 Å². The van der Waals surface area contributed by atoms with E-state index in [0.717, 1.165) is 0 Å². The summed E-state index contributed by atoms with van der Waals surface area (Å²) in [6.07, 6.45) is 0. The minimum absolute atomic E-state index is 0.0728. The van der Waals surface area contributed by atoms with Crippen LogP contribution < -0.4 is 10.2 Å². The Kier molecular flexibility index (Phi) is 3.47. The first-order valence-electron chi connectivity index (χ1n) is 3.81. The van der Waals surface area contributed by atoms with Crippen LogP contribution >= 0.6 is 0 Å². The van der Waals surface area contributed by atoms with E-state index in [0.29, 0.717) is 5.75 Å². The molecule has 72 valence electrons. The zero-order valence-corrected chi connectivity index (χ0v) is 7.60. The Morgan fingerprint density at radius 3 is 2.79 bits per heavy atom. The van der Waals surface area contributed by atoms with Gasteiger partial charge in [-0.2, -0.15) is 0 Å². The van der Waals surface area contributed by atoms with Crippen molar-refractivity contribution in [2.24, 2.45) is 0 Å². The van der Waals surface area contributed by atoms with E-state index < -0.39 is 4.92 Å². The van der Waals surface area contributed by atoms with Gasteiger partial charge in [-0.3, -0.25) is 10.1 Å². The number of ether oxygens (including phenoxy) is 2. The largest absolute Gasteiger partial charge is 0.468 e. The highest BCUT2D eigenvalue weighted by Crippen LogP contribution is 2.14. The van der Waals surface area contributed by atoms with E-state index in [2.05, 4.69) is 4.74 Å². The summed E-state index contributed by atoms with van der Waals surface area (Å²) in [5.74, 6) is 0.440. The summed E-state index contributed by atoms with van der Waals surface area (Å²) >= 11 is 0. The third-order valence-electron chi connectivity index (χ3n) is 1.54. The zero-order chi connectivity index (χ0) is 10.6. The van der Waals surface area contributed by atoms with Gasteiger partial charge in [-0.15, -0.1) is 0 Å². The van der Waals surface area contributed by atoms with Crippen molar-refractivity contribution in [3.8, 4) is 5.75 Å². The minimum Gasteiger partial charge on any atom is -0.468 e. The monoisotopic (exact) mass is 193 g/mol. The molecule has 1 aromatic carbocycles. The van der Waals surface area contributed by atoms with Crippen LogP contribution in [0.3, 0.4) is 0 Å². The number of hydrogen-bond donors (Lipinski definition) is 0. The standard InChI is InChI=1S/C8H8BNO4/c1-13-5-14-6-2-3-8(10(11)12)7(9)4-6/h2-4H,5H2,1H3. The van der Waals surface area contributed by atoms with E-state index in [1.807, 2.05) is 0 Å². The SMILES string of the molecule is [B]c1cc(OCOC)ccc1[N+](=O)[O-]. The zero-order valence-electron chi connectivity index (χ0n) is 7.60. The highest BCUT2D eigenvalue weighted by molar-refractivity contribution is 6.35. The van der Waals surface area contributed by atoms with E-state index in [1.54, 1.807) is 0 Å². The molecule has 14 heavy (non-hydrogen) atoms. The number of rotatable bonds is 4. The molecule has 0 fully saturated rings. The Labute approximate surface area is 82.2 Å². The van der Waals surface area contributed by atoms with E-state index in [1.165, 1.54) is 25.3 Å². The van der Waals surface area contributed by atoms with Gasteiger partial charge in [0.15, 0.2) is 6.79 Å². The van der Waals surface area contributed by atoms with Gasteiger partial charge < -0.3 is 9.47 Å². The molecule has 0 saturated heterocycles. The minimum atomic E-state index is -0.546. The summed E-state index contributed by atoms with van der Waals surface area (Å²) in [5, 5.41) is 10.4. The Bertz CT molecular complexity index is 342. The molecule has 0 heterocycles. The van der Waals surface area contributed by atoms with Gasteiger partial charge in [-0.25, -0.2) is 0 Å². The molecule has 0 aliphatic heterocycles. The maximum absolute atomic E-state index is 10.4. The summed E-state index contributed by atoms with van der Waals surface area (Å²) < 4.78 is 9.71. The molecule has 0 spiro atoms. The number of nitro benzene ring substituents is 1. The molecule has 2 radical (unpaired) electrons. The van der Waals surface area contributed by atoms with Crippen molar-refractivity contribution < 1.29 is 14.4 Å². The Balaban J connectivity index is 2.83. The number of hydrogen-bond acceptors (Lipinski definition) is 4. The Morgan fingerprint density at radius 2 is 2.29 bits per heavy atom. The summed E-state index contributed by atoms with van der Waals surface area (Å²) in [4.78, 5) is 9.86. The third-order valence-corrected chi connectivity index (χ3v) is 1.54. The highest BCUT2D eigenvalue weighted by Gasteiger charge is 2.09. The van der Waals surface area contributed by atoms with Crippen LogP contribution in [0.4, 0.5) is 5.69 Å². The first-order chi connectivity index (χ1) is 6.65. The van der Waals surface area contributed by atoms with Gasteiger partial charge >= 0.3 is 0 Å². The lowest BCUT2D eigenvalue weighted by atomic mass is 9.94. The molecule has 0 amide bonds. The van der Waals surface area contributed by atoms with Gasteiger partial charge in [-0.1, -0.05) is 0 Å². The first-order valence-corrected chi connectivity index (χ1v) is 3.81. The smallest absolute Gasteiger partial charge is 0.262 e. The molecule has 1 aromatic rings. The molecule has 1 rings (SSSR count). The second-order valence-electron chi connectivity index (χ2n) is 2.53. The molecule has 0 unspecified atom stereocenters. The lowest BCUT2D eigenvalue weighted by Gasteiger charge is -2.05. The number of benzene rings is 1. The summed E-state index contributed by atoms with van der Waals surface area (Å²) in [6.45, 7) is 0.0806. The van der Waals surface area contributed by atoms with Crippen LogP contribution in [-0.4, -0.2) is 26.7 Å². The fraction of sp³-hybridized carbons (Fsp3) is 0.250. The first kappa shape index (κ1) is 10.5. The van der Waals surface area contributed by atoms with Crippen LogP contribution in [0, 0.1) is 10.1 Å². The van der Waals surface area contributed by atoms with Crippen LogP contribution in [0.25, 0.3) is 0 Å². The van der Waals surface area contributed by atoms with E-state index in [4.69, 9.17) is 12.6 Å². The van der Waals surface area contributed by atoms with Crippen molar-refractivity contribution in [1.82, 2.24) is 0 Å². The van der Waals surface area contributed by atoms with E-state index >= 15 is 0 Å². The molecule has 0 aliphatic carbocycles. The highest BCUT2D eigenvalue weighted by atomic mass is 16.7. The molecule has 5 nitrogen and oxygen atoms in total. The van der Waals surface area contributed by atoms with Crippen LogP contribution in [0.1, 0.15) is 0 Å². The van der Waals surface area contributed by atoms with Crippen LogP contribution in [-0.2, 0) is 4.74 Å². The summed E-state index contributed by atoms with van der Waals surface area (Å²) in [7, 11) is 6.91. The normalized spacial score (nSPS) is 9.79. The molecule has 0 aromatic heterocycles. The van der Waals surface area contributed by atoms with Crippen molar-refractivity contribution in [2.45, 2.75) is 0 Å². The maximum atomic E-state index is 10.4. The van der Waals surface area contributed by atoms with E-state index in [-0.39, 0.29) is 17.9 Å². The quantitative estimate of drug-likeness (QED) is 0.300. The summed E-state index contributed by atoms with van der Waals surface area (Å²) in [5.41, 5.74) is -0.0571. The predicted octanol–water partition coefficient (Wildman–Crippen LogP) is 0.371. The van der Waals surface area contributed by atoms with Crippen LogP contribution in [0.15, 0.2) is 18.2 Å². The molecular formula is C8H8BNO4. The van der Waals surface area contributed by atoms with Crippen molar-refractivity contribution in [3.05, 3.63) is 28.3 Å². The number of methoxy groups -OCH3 is 1. The van der Waals surface area contributed by atoms with Gasteiger partial charge in [0.05, 0.1) is 4.92 Å². The Morgan fingerprint density at radius 1 is 1.57 bits per heavy atom. The maximum Gasteiger partial charge on any atom is 0.262 e. The molecule has 0 atom stereocenters. The average Bonchev–Trinajstić information content (AvgIpc) is 2.14. The third kappa shape index (κ3) is 2.46. The molecular weight excluding hydrogens is 185 g/mol. The molecule has 0 aliphatic rings. The fourth-order valence-corrected chi connectivity index (χ4v) is 0.916.